The molecule has 0 unspecified atom stereocenters. The van der Waals surface area contributed by atoms with Crippen LogP contribution in [0.3, 0.4) is 0 Å². The summed E-state index contributed by atoms with van der Waals surface area (Å²) in [5, 5.41) is 15.4. The second-order valence-electron chi connectivity index (χ2n) is 3.48. The first-order chi connectivity index (χ1) is 7.74. The van der Waals surface area contributed by atoms with Crippen molar-refractivity contribution in [3.8, 4) is 0 Å². The van der Waals surface area contributed by atoms with E-state index in [9.17, 15) is 4.79 Å². The van der Waals surface area contributed by atoms with Crippen LogP contribution < -0.4 is 10.9 Å². The second-order valence-corrected chi connectivity index (χ2v) is 3.48. The zero-order valence-electron chi connectivity index (χ0n) is 9.34. The Labute approximate surface area is 92.1 Å². The predicted octanol–water partition coefficient (Wildman–Crippen LogP) is -0.865. The van der Waals surface area contributed by atoms with Crippen LogP contribution in [0.4, 0.5) is 0 Å². The molecule has 0 radical (unpaired) electrons. The number of nitrogens with one attached hydrogen (secondary N) is 1. The summed E-state index contributed by atoms with van der Waals surface area (Å²) in [6.07, 6.45) is 1.52. The van der Waals surface area contributed by atoms with Gasteiger partial charge in [-0.1, -0.05) is 12.1 Å². The summed E-state index contributed by atoms with van der Waals surface area (Å²) in [4.78, 5) is 11.9. The number of fused-ring (bicyclic) bond motifs is 1. The minimum absolute atomic E-state index is 0.143. The summed E-state index contributed by atoms with van der Waals surface area (Å²) in [5.74, 6) is 0. The van der Waals surface area contributed by atoms with Crippen LogP contribution in [0.25, 0.3) is 11.0 Å². The van der Waals surface area contributed by atoms with Crippen LogP contribution in [0.2, 0.25) is 0 Å². The Hall–Kier alpha value is -1.76. The van der Waals surface area contributed by atoms with Gasteiger partial charge in [-0.05, 0) is 6.54 Å². The standard InChI is InChI=1S/C9H14N6O/c1-3-10-4-5-15-9(16)7-6-11-14(2)8(7)12-13-15/h6,10H,3-5H2,1-2H3. The van der Waals surface area contributed by atoms with Gasteiger partial charge in [0.1, 0.15) is 5.39 Å². The molecule has 2 aromatic heterocycles. The van der Waals surface area contributed by atoms with Crippen LogP contribution in [-0.2, 0) is 13.6 Å². The van der Waals surface area contributed by atoms with Crippen LogP contribution >= 0.6 is 0 Å². The lowest BCUT2D eigenvalue weighted by molar-refractivity contribution is 0.518. The van der Waals surface area contributed by atoms with Crippen LogP contribution in [0.5, 0.6) is 0 Å². The molecule has 1 N–H and O–H groups in total. The molecule has 16 heavy (non-hydrogen) atoms. The summed E-state index contributed by atoms with van der Waals surface area (Å²) in [6.45, 7) is 4.11. The fourth-order valence-electron chi connectivity index (χ4n) is 1.48. The van der Waals surface area contributed by atoms with Crippen molar-refractivity contribution < 1.29 is 0 Å². The maximum absolute atomic E-state index is 11.9. The third kappa shape index (κ3) is 1.81. The summed E-state index contributed by atoms with van der Waals surface area (Å²) < 4.78 is 2.89. The average Bonchev–Trinajstić information content (AvgIpc) is 2.65. The lowest BCUT2D eigenvalue weighted by Gasteiger charge is -2.03. The van der Waals surface area contributed by atoms with Gasteiger partial charge in [0.25, 0.3) is 5.56 Å². The highest BCUT2D eigenvalue weighted by atomic mass is 16.1. The molecule has 2 rings (SSSR count). The van der Waals surface area contributed by atoms with E-state index in [0.717, 1.165) is 6.54 Å². The van der Waals surface area contributed by atoms with Gasteiger partial charge in [-0.3, -0.25) is 4.79 Å². The van der Waals surface area contributed by atoms with Crippen LogP contribution in [0, 0.1) is 0 Å². The van der Waals surface area contributed by atoms with Crippen LogP contribution in [0.1, 0.15) is 6.92 Å². The van der Waals surface area contributed by atoms with E-state index in [1.54, 1.807) is 11.7 Å². The van der Waals surface area contributed by atoms with E-state index in [-0.39, 0.29) is 5.56 Å². The quantitative estimate of drug-likeness (QED) is 0.681. The minimum Gasteiger partial charge on any atom is -0.315 e. The summed E-state index contributed by atoms with van der Waals surface area (Å²) >= 11 is 0. The summed E-state index contributed by atoms with van der Waals surface area (Å²) in [7, 11) is 1.74. The van der Waals surface area contributed by atoms with E-state index in [1.807, 2.05) is 6.92 Å². The van der Waals surface area contributed by atoms with Crippen molar-refractivity contribution >= 4 is 11.0 Å². The van der Waals surface area contributed by atoms with Crippen molar-refractivity contribution in [1.29, 1.82) is 0 Å². The molecular weight excluding hydrogens is 208 g/mol. The maximum Gasteiger partial charge on any atom is 0.280 e. The van der Waals surface area contributed by atoms with Crippen molar-refractivity contribution in [2.45, 2.75) is 13.5 Å². The molecule has 0 saturated carbocycles. The van der Waals surface area contributed by atoms with Crippen molar-refractivity contribution in [3.63, 3.8) is 0 Å². The Balaban J connectivity index is 2.34. The first kappa shape index (κ1) is 10.7. The molecule has 2 aromatic rings. The molecule has 0 bridgehead atoms. The van der Waals surface area contributed by atoms with Gasteiger partial charge in [0, 0.05) is 13.6 Å². The third-order valence-corrected chi connectivity index (χ3v) is 2.37. The van der Waals surface area contributed by atoms with E-state index in [0.29, 0.717) is 24.1 Å². The molecule has 0 aliphatic carbocycles. The highest BCUT2D eigenvalue weighted by Crippen LogP contribution is 2.01. The lowest BCUT2D eigenvalue weighted by Crippen LogP contribution is -2.29. The van der Waals surface area contributed by atoms with E-state index in [1.165, 1.54) is 10.9 Å². The molecule has 7 heteroatoms. The van der Waals surface area contributed by atoms with Crippen LogP contribution in [0.15, 0.2) is 11.0 Å². The SMILES string of the molecule is CCNCCn1nnc2c(cnn2C)c1=O. The summed E-state index contributed by atoms with van der Waals surface area (Å²) in [6, 6.07) is 0. The highest BCUT2D eigenvalue weighted by Gasteiger charge is 2.08. The number of hydrogen-bond donors (Lipinski definition) is 1. The van der Waals surface area contributed by atoms with E-state index in [4.69, 9.17) is 0 Å². The third-order valence-electron chi connectivity index (χ3n) is 2.37. The van der Waals surface area contributed by atoms with Gasteiger partial charge in [0.05, 0.1) is 12.7 Å². The highest BCUT2D eigenvalue weighted by molar-refractivity contribution is 5.72. The molecular formula is C9H14N6O. The van der Waals surface area contributed by atoms with Gasteiger partial charge in [-0.25, -0.2) is 9.36 Å². The molecule has 0 aliphatic rings. The zero-order chi connectivity index (χ0) is 11.5. The lowest BCUT2D eigenvalue weighted by atomic mass is 10.4. The van der Waals surface area contributed by atoms with Gasteiger partial charge in [0.15, 0.2) is 5.65 Å². The normalized spacial score (nSPS) is 11.1. The Morgan fingerprint density at radius 3 is 3.06 bits per heavy atom. The number of aromatic nitrogens is 5. The molecule has 0 atom stereocenters. The maximum atomic E-state index is 11.9. The molecule has 7 nitrogen and oxygen atoms in total. The molecule has 86 valence electrons. The fourth-order valence-corrected chi connectivity index (χ4v) is 1.48. The molecule has 0 saturated heterocycles. The van der Waals surface area contributed by atoms with Crippen molar-refractivity contribution in [2.24, 2.45) is 7.05 Å². The Morgan fingerprint density at radius 1 is 1.50 bits per heavy atom. The number of hydrogen-bond acceptors (Lipinski definition) is 5. The van der Waals surface area contributed by atoms with Crippen molar-refractivity contribution in [3.05, 3.63) is 16.6 Å². The molecule has 0 aliphatic heterocycles. The molecule has 0 aromatic carbocycles. The number of aryl methyl sites for hydroxylation is 1. The average molecular weight is 222 g/mol. The van der Waals surface area contributed by atoms with Crippen LogP contribution in [-0.4, -0.2) is 37.9 Å². The first-order valence-electron chi connectivity index (χ1n) is 5.20. The Morgan fingerprint density at radius 2 is 2.31 bits per heavy atom. The fraction of sp³-hybridized carbons (Fsp3) is 0.556. The van der Waals surface area contributed by atoms with Crippen molar-refractivity contribution in [2.75, 3.05) is 13.1 Å². The second kappa shape index (κ2) is 4.40. The molecule has 0 amide bonds. The molecule has 2 heterocycles. The van der Waals surface area contributed by atoms with E-state index in [2.05, 4.69) is 20.7 Å². The predicted molar refractivity (Wildman–Crippen MR) is 59.1 cm³/mol. The van der Waals surface area contributed by atoms with Crippen molar-refractivity contribution in [1.82, 2.24) is 30.1 Å². The van der Waals surface area contributed by atoms with Gasteiger partial charge in [0.2, 0.25) is 0 Å². The smallest absolute Gasteiger partial charge is 0.280 e. The Bertz CT molecular complexity index is 542. The molecule has 0 fully saturated rings. The zero-order valence-corrected chi connectivity index (χ0v) is 9.34. The van der Waals surface area contributed by atoms with Gasteiger partial charge < -0.3 is 5.32 Å². The van der Waals surface area contributed by atoms with Gasteiger partial charge in [-0.15, -0.1) is 5.10 Å². The Kier molecular flexibility index (Phi) is 2.95. The molecule has 0 spiro atoms. The topological polar surface area (TPSA) is 77.6 Å². The van der Waals surface area contributed by atoms with E-state index < -0.39 is 0 Å². The number of likely N-dealkylation sites (N-methyl/N-ethyl adjacent to an activating group) is 1. The minimum atomic E-state index is -0.143. The monoisotopic (exact) mass is 222 g/mol. The van der Waals surface area contributed by atoms with E-state index >= 15 is 0 Å². The number of nitrogens with zero attached hydrogens (tertiary/aromatic N) is 5. The van der Waals surface area contributed by atoms with Gasteiger partial charge in [-0.2, -0.15) is 5.10 Å². The number of rotatable bonds is 4. The largest absolute Gasteiger partial charge is 0.315 e. The first-order valence-corrected chi connectivity index (χ1v) is 5.20. The van der Waals surface area contributed by atoms with Gasteiger partial charge >= 0.3 is 0 Å². The summed E-state index contributed by atoms with van der Waals surface area (Å²) in [5.41, 5.74) is 0.376.